The lowest BCUT2D eigenvalue weighted by Gasteiger charge is -2.41. The second-order valence-corrected chi connectivity index (χ2v) is 6.19. The van der Waals surface area contributed by atoms with Crippen LogP contribution in [0.4, 0.5) is 0 Å². The summed E-state index contributed by atoms with van der Waals surface area (Å²) in [5.74, 6) is -0.187. The Balaban J connectivity index is 1.76. The van der Waals surface area contributed by atoms with Gasteiger partial charge in [0, 0.05) is 19.2 Å². The van der Waals surface area contributed by atoms with Gasteiger partial charge < -0.3 is 14.7 Å². The summed E-state index contributed by atoms with van der Waals surface area (Å²) in [6, 6.07) is 11.5. The first-order valence-electron chi connectivity index (χ1n) is 7.99. The topological polar surface area (TPSA) is 75.5 Å². The summed E-state index contributed by atoms with van der Waals surface area (Å²) < 4.78 is 5.89. The maximum atomic E-state index is 12.6. The number of rotatable bonds is 4. The smallest absolute Gasteiger partial charge is 0.274 e. The van der Waals surface area contributed by atoms with Gasteiger partial charge in [-0.25, -0.2) is 0 Å². The fourth-order valence-electron chi connectivity index (χ4n) is 2.93. The molecule has 1 aromatic heterocycles. The number of aryl methyl sites for hydroxylation is 1. The zero-order valence-electron chi connectivity index (χ0n) is 13.7. The molecule has 1 aliphatic rings. The molecule has 0 spiro atoms. The molecule has 6 nitrogen and oxygen atoms in total. The number of aromatic nitrogens is 2. The Morgan fingerprint density at radius 2 is 2.12 bits per heavy atom. The number of amides is 1. The number of benzene rings is 1. The number of hydrogen-bond acceptors (Lipinski definition) is 5. The number of carbonyl (C=O) groups is 1. The highest BCUT2D eigenvalue weighted by molar-refractivity contribution is 5.92. The van der Waals surface area contributed by atoms with Crippen molar-refractivity contribution in [3.05, 3.63) is 59.4 Å². The van der Waals surface area contributed by atoms with Gasteiger partial charge in [-0.15, -0.1) is 5.10 Å². The van der Waals surface area contributed by atoms with Crippen LogP contribution in [0.2, 0.25) is 0 Å². The summed E-state index contributed by atoms with van der Waals surface area (Å²) >= 11 is 0. The molecular weight excluding hydrogens is 306 g/mol. The van der Waals surface area contributed by atoms with E-state index < -0.39 is 5.60 Å². The molecule has 1 atom stereocenters. The first kappa shape index (κ1) is 16.5. The normalized spacial score (nSPS) is 20.8. The summed E-state index contributed by atoms with van der Waals surface area (Å²) in [5, 5.41) is 17.6. The zero-order chi connectivity index (χ0) is 17.0. The maximum absolute atomic E-state index is 12.6. The predicted octanol–water partition coefficient (Wildman–Crippen LogP) is 1.23. The van der Waals surface area contributed by atoms with E-state index in [4.69, 9.17) is 4.74 Å². The van der Waals surface area contributed by atoms with Crippen LogP contribution >= 0.6 is 0 Å². The molecule has 126 valence electrons. The van der Waals surface area contributed by atoms with E-state index >= 15 is 0 Å². The summed E-state index contributed by atoms with van der Waals surface area (Å²) in [6.45, 7) is 3.07. The van der Waals surface area contributed by atoms with Crippen LogP contribution in [-0.2, 0) is 11.2 Å². The minimum atomic E-state index is -0.786. The van der Waals surface area contributed by atoms with E-state index in [-0.39, 0.29) is 12.5 Å². The first-order chi connectivity index (χ1) is 11.6. The van der Waals surface area contributed by atoms with E-state index in [0.29, 0.717) is 31.8 Å². The molecule has 2 heterocycles. The molecule has 0 unspecified atom stereocenters. The van der Waals surface area contributed by atoms with E-state index in [1.54, 1.807) is 17.0 Å². The van der Waals surface area contributed by atoms with Crippen molar-refractivity contribution in [1.29, 1.82) is 0 Å². The molecule has 0 aliphatic carbocycles. The molecule has 0 radical (unpaired) electrons. The summed E-state index contributed by atoms with van der Waals surface area (Å²) in [5.41, 5.74) is 1.77. The number of hydrogen-bond donors (Lipinski definition) is 1. The van der Waals surface area contributed by atoms with Crippen molar-refractivity contribution in [3.63, 3.8) is 0 Å². The highest BCUT2D eigenvalue weighted by Crippen LogP contribution is 2.24. The van der Waals surface area contributed by atoms with Crippen molar-refractivity contribution in [2.75, 3.05) is 26.3 Å². The number of carbonyl (C=O) groups excluding carboxylic acids is 1. The molecule has 6 heteroatoms. The van der Waals surface area contributed by atoms with Gasteiger partial charge in [-0.05, 0) is 24.6 Å². The molecule has 1 fully saturated rings. The Bertz CT molecular complexity index is 690. The van der Waals surface area contributed by atoms with E-state index in [0.717, 1.165) is 5.56 Å². The lowest BCUT2D eigenvalue weighted by molar-refractivity contribution is -0.123. The quantitative estimate of drug-likeness (QED) is 0.914. The van der Waals surface area contributed by atoms with Gasteiger partial charge in [-0.2, -0.15) is 5.10 Å². The molecule has 24 heavy (non-hydrogen) atoms. The summed E-state index contributed by atoms with van der Waals surface area (Å²) in [4.78, 5) is 14.3. The van der Waals surface area contributed by atoms with Crippen LogP contribution in [0.5, 0.6) is 0 Å². The number of aliphatic hydroxyl groups excluding tert-OH is 1. The Hall–Kier alpha value is -2.31. The maximum Gasteiger partial charge on any atom is 0.274 e. The van der Waals surface area contributed by atoms with Gasteiger partial charge in [-0.1, -0.05) is 29.8 Å². The van der Waals surface area contributed by atoms with Gasteiger partial charge >= 0.3 is 0 Å². The zero-order valence-corrected chi connectivity index (χ0v) is 13.7. The van der Waals surface area contributed by atoms with Crippen LogP contribution in [0.15, 0.2) is 42.6 Å². The van der Waals surface area contributed by atoms with Crippen LogP contribution in [0.1, 0.15) is 21.6 Å². The van der Waals surface area contributed by atoms with Gasteiger partial charge in [0.1, 0.15) is 5.60 Å². The van der Waals surface area contributed by atoms with Gasteiger partial charge in [0.25, 0.3) is 5.91 Å². The second kappa shape index (κ2) is 7.07. The van der Waals surface area contributed by atoms with Crippen molar-refractivity contribution >= 4 is 5.91 Å². The highest BCUT2D eigenvalue weighted by atomic mass is 16.5. The van der Waals surface area contributed by atoms with Crippen molar-refractivity contribution in [2.24, 2.45) is 0 Å². The molecule has 1 aliphatic heterocycles. The SMILES string of the molecule is Cc1ccc(C[C@@]2(CO)CN(C(=O)c3cccnn3)CCO2)cc1. The van der Waals surface area contributed by atoms with E-state index in [1.165, 1.54) is 11.8 Å². The molecule has 0 saturated carbocycles. The molecule has 1 saturated heterocycles. The number of morpholine rings is 1. The van der Waals surface area contributed by atoms with Crippen molar-refractivity contribution in [1.82, 2.24) is 15.1 Å². The Labute approximate surface area is 141 Å². The van der Waals surface area contributed by atoms with Crippen molar-refractivity contribution in [3.8, 4) is 0 Å². The van der Waals surface area contributed by atoms with E-state index in [2.05, 4.69) is 10.2 Å². The summed E-state index contributed by atoms with van der Waals surface area (Å²) in [7, 11) is 0. The largest absolute Gasteiger partial charge is 0.393 e. The van der Waals surface area contributed by atoms with Crippen LogP contribution in [0, 0.1) is 6.92 Å². The van der Waals surface area contributed by atoms with Gasteiger partial charge in [0.2, 0.25) is 0 Å². The Morgan fingerprint density at radius 1 is 1.33 bits per heavy atom. The predicted molar refractivity (Wildman–Crippen MR) is 88.6 cm³/mol. The number of ether oxygens (including phenoxy) is 1. The van der Waals surface area contributed by atoms with Crippen LogP contribution in [-0.4, -0.2) is 58.0 Å². The minimum Gasteiger partial charge on any atom is -0.393 e. The molecule has 1 aromatic carbocycles. The molecule has 1 N–H and O–H groups in total. The third kappa shape index (κ3) is 3.60. The average Bonchev–Trinajstić information content (AvgIpc) is 2.64. The first-order valence-corrected chi connectivity index (χ1v) is 7.99. The third-order valence-electron chi connectivity index (χ3n) is 4.26. The lowest BCUT2D eigenvalue weighted by Crippen LogP contribution is -2.57. The number of nitrogens with zero attached hydrogens (tertiary/aromatic N) is 3. The lowest BCUT2D eigenvalue weighted by atomic mass is 9.92. The molecule has 2 aromatic rings. The van der Waals surface area contributed by atoms with Gasteiger partial charge in [-0.3, -0.25) is 4.79 Å². The van der Waals surface area contributed by atoms with Crippen molar-refractivity contribution < 1.29 is 14.6 Å². The Morgan fingerprint density at radius 3 is 2.79 bits per heavy atom. The van der Waals surface area contributed by atoms with Gasteiger partial charge in [0.15, 0.2) is 5.69 Å². The van der Waals surface area contributed by atoms with E-state index in [9.17, 15) is 9.90 Å². The fourth-order valence-corrected chi connectivity index (χ4v) is 2.93. The average molecular weight is 327 g/mol. The highest BCUT2D eigenvalue weighted by Gasteiger charge is 2.38. The molecular formula is C18H21N3O3. The standard InChI is InChI=1S/C18H21N3O3/c1-14-4-6-15(7-5-14)11-18(13-22)12-21(9-10-24-18)17(23)16-3-2-8-19-20-16/h2-8,22H,9-13H2,1H3/t18-/m0/s1. The Kier molecular flexibility index (Phi) is 4.87. The molecule has 3 rings (SSSR count). The fraction of sp³-hybridized carbons (Fsp3) is 0.389. The molecule has 0 bridgehead atoms. The van der Waals surface area contributed by atoms with Crippen LogP contribution in [0.25, 0.3) is 0 Å². The number of aliphatic hydroxyl groups is 1. The molecule has 1 amide bonds. The monoisotopic (exact) mass is 327 g/mol. The minimum absolute atomic E-state index is 0.148. The second-order valence-electron chi connectivity index (χ2n) is 6.19. The third-order valence-corrected chi connectivity index (χ3v) is 4.26. The summed E-state index contributed by atoms with van der Waals surface area (Å²) in [6.07, 6.45) is 2.08. The van der Waals surface area contributed by atoms with E-state index in [1.807, 2.05) is 31.2 Å². The van der Waals surface area contributed by atoms with Crippen LogP contribution in [0.3, 0.4) is 0 Å². The van der Waals surface area contributed by atoms with Crippen LogP contribution < -0.4 is 0 Å². The van der Waals surface area contributed by atoms with Gasteiger partial charge in [0.05, 0.1) is 19.8 Å². The van der Waals surface area contributed by atoms with Crippen molar-refractivity contribution in [2.45, 2.75) is 18.9 Å².